The molecule has 1 fully saturated rings. The second-order valence-electron chi connectivity index (χ2n) is 6.14. The highest BCUT2D eigenvalue weighted by atomic mass is 16.2. The van der Waals surface area contributed by atoms with Crippen LogP contribution in [0.4, 0.5) is 5.69 Å². The van der Waals surface area contributed by atoms with Crippen LogP contribution in [-0.4, -0.2) is 39.1 Å². The van der Waals surface area contributed by atoms with Gasteiger partial charge in [-0.1, -0.05) is 12.1 Å². The smallest absolute Gasteiger partial charge is 0.256 e. The van der Waals surface area contributed by atoms with Crippen LogP contribution in [0.15, 0.2) is 42.7 Å². The maximum atomic E-state index is 12.9. The molecule has 1 aromatic heterocycles. The zero-order chi connectivity index (χ0) is 16.9. The van der Waals surface area contributed by atoms with Crippen LogP contribution in [0.5, 0.6) is 0 Å². The van der Waals surface area contributed by atoms with Gasteiger partial charge in [0.1, 0.15) is 6.54 Å². The van der Waals surface area contributed by atoms with E-state index in [2.05, 4.69) is 17.3 Å². The normalized spacial score (nSPS) is 17.5. The van der Waals surface area contributed by atoms with Crippen LogP contribution in [0.2, 0.25) is 0 Å². The molecule has 0 spiro atoms. The summed E-state index contributed by atoms with van der Waals surface area (Å²) in [5.74, 6) is -0.220. The van der Waals surface area contributed by atoms with Gasteiger partial charge < -0.3 is 10.2 Å². The molecule has 1 N–H and O–H groups in total. The number of carbonyl (C=O) groups is 2. The first kappa shape index (κ1) is 16.2. The number of piperidine rings is 1. The Morgan fingerprint density at radius 3 is 2.83 bits per heavy atom. The molecule has 2 aromatic rings. The van der Waals surface area contributed by atoms with Gasteiger partial charge in [0.2, 0.25) is 5.91 Å². The van der Waals surface area contributed by atoms with Crippen molar-refractivity contribution in [3.8, 4) is 0 Å². The number of hydrogen-bond donors (Lipinski definition) is 1. The Labute approximate surface area is 141 Å². The van der Waals surface area contributed by atoms with E-state index in [0.29, 0.717) is 11.3 Å². The van der Waals surface area contributed by atoms with Crippen LogP contribution in [0, 0.1) is 0 Å². The van der Waals surface area contributed by atoms with E-state index in [4.69, 9.17) is 0 Å². The summed E-state index contributed by atoms with van der Waals surface area (Å²) in [6, 6.07) is 9.18. The number of likely N-dealkylation sites (tertiary alicyclic amines) is 1. The summed E-state index contributed by atoms with van der Waals surface area (Å²) in [5, 5.41) is 6.86. The second kappa shape index (κ2) is 7.29. The molecule has 3 rings (SSSR count). The van der Waals surface area contributed by atoms with E-state index in [9.17, 15) is 9.59 Å². The van der Waals surface area contributed by atoms with Gasteiger partial charge >= 0.3 is 0 Å². The number of para-hydroxylation sites is 1. The van der Waals surface area contributed by atoms with Crippen molar-refractivity contribution >= 4 is 17.5 Å². The van der Waals surface area contributed by atoms with E-state index in [0.717, 1.165) is 25.8 Å². The third kappa shape index (κ3) is 3.64. The molecule has 24 heavy (non-hydrogen) atoms. The Morgan fingerprint density at radius 1 is 1.25 bits per heavy atom. The Bertz CT molecular complexity index is 712. The summed E-state index contributed by atoms with van der Waals surface area (Å²) < 4.78 is 1.55. The van der Waals surface area contributed by atoms with E-state index in [-0.39, 0.29) is 24.4 Å². The first-order valence-corrected chi connectivity index (χ1v) is 8.32. The van der Waals surface area contributed by atoms with Crippen molar-refractivity contribution in [3.63, 3.8) is 0 Å². The fourth-order valence-corrected chi connectivity index (χ4v) is 3.06. The lowest BCUT2D eigenvalue weighted by Gasteiger charge is -2.33. The summed E-state index contributed by atoms with van der Waals surface area (Å²) >= 11 is 0. The number of hydrogen-bond acceptors (Lipinski definition) is 3. The largest absolute Gasteiger partial charge is 0.336 e. The van der Waals surface area contributed by atoms with Crippen LogP contribution < -0.4 is 5.32 Å². The van der Waals surface area contributed by atoms with Gasteiger partial charge in [-0.15, -0.1) is 0 Å². The summed E-state index contributed by atoms with van der Waals surface area (Å²) in [5.41, 5.74) is 1.09. The highest BCUT2D eigenvalue weighted by molar-refractivity contribution is 6.03. The molecule has 0 aliphatic carbocycles. The van der Waals surface area contributed by atoms with Gasteiger partial charge in [0.15, 0.2) is 0 Å². The van der Waals surface area contributed by atoms with E-state index >= 15 is 0 Å². The lowest BCUT2D eigenvalue weighted by Crippen LogP contribution is -2.42. The SMILES string of the molecule is CC1CCCCN1C(=O)c1ccccc1NC(=O)Cn1cccn1. The van der Waals surface area contributed by atoms with Gasteiger partial charge in [0.05, 0.1) is 11.3 Å². The Balaban J connectivity index is 1.75. The average molecular weight is 326 g/mol. The topological polar surface area (TPSA) is 67.2 Å². The quantitative estimate of drug-likeness (QED) is 0.939. The zero-order valence-electron chi connectivity index (χ0n) is 13.8. The van der Waals surface area contributed by atoms with Gasteiger partial charge in [-0.2, -0.15) is 5.10 Å². The Morgan fingerprint density at radius 2 is 2.08 bits per heavy atom. The maximum Gasteiger partial charge on any atom is 0.256 e. The molecule has 2 amide bonds. The first-order chi connectivity index (χ1) is 11.6. The standard InChI is InChI=1S/C18H22N4O2/c1-14-7-4-5-12-22(14)18(24)15-8-2-3-9-16(15)20-17(23)13-21-11-6-10-19-21/h2-3,6,8-11,14H,4-5,7,12-13H2,1H3,(H,20,23). The van der Waals surface area contributed by atoms with Crippen molar-refractivity contribution in [2.45, 2.75) is 38.8 Å². The number of nitrogens with zero attached hydrogens (tertiary/aromatic N) is 3. The summed E-state index contributed by atoms with van der Waals surface area (Å²) in [6.45, 7) is 2.97. The van der Waals surface area contributed by atoms with Crippen molar-refractivity contribution in [2.75, 3.05) is 11.9 Å². The van der Waals surface area contributed by atoms with Crippen LogP contribution in [0.3, 0.4) is 0 Å². The van der Waals surface area contributed by atoms with Gasteiger partial charge in [0.25, 0.3) is 5.91 Å². The summed E-state index contributed by atoms with van der Waals surface area (Å²) in [7, 11) is 0. The van der Waals surface area contributed by atoms with Gasteiger partial charge in [0, 0.05) is 25.0 Å². The van der Waals surface area contributed by atoms with Crippen molar-refractivity contribution in [1.29, 1.82) is 0 Å². The fraction of sp³-hybridized carbons (Fsp3) is 0.389. The number of anilines is 1. The minimum atomic E-state index is -0.203. The molecule has 0 saturated carbocycles. The predicted octanol–water partition coefficient (Wildman–Crippen LogP) is 2.54. The third-order valence-electron chi connectivity index (χ3n) is 4.36. The maximum absolute atomic E-state index is 12.9. The highest BCUT2D eigenvalue weighted by Crippen LogP contribution is 2.23. The summed E-state index contributed by atoms with van der Waals surface area (Å²) in [6.07, 6.45) is 6.57. The van der Waals surface area contributed by atoms with E-state index in [1.807, 2.05) is 17.0 Å². The average Bonchev–Trinajstić information content (AvgIpc) is 3.08. The van der Waals surface area contributed by atoms with Crippen molar-refractivity contribution in [1.82, 2.24) is 14.7 Å². The molecule has 6 nitrogen and oxygen atoms in total. The van der Waals surface area contributed by atoms with Gasteiger partial charge in [-0.05, 0) is 44.4 Å². The minimum absolute atomic E-state index is 0.0165. The Kier molecular flexibility index (Phi) is 4.93. The molecule has 1 unspecified atom stereocenters. The lowest BCUT2D eigenvalue weighted by molar-refractivity contribution is -0.116. The minimum Gasteiger partial charge on any atom is -0.336 e. The Hall–Kier alpha value is -2.63. The molecule has 2 heterocycles. The molecule has 0 radical (unpaired) electrons. The number of nitrogens with one attached hydrogen (secondary N) is 1. The molecule has 1 saturated heterocycles. The number of benzene rings is 1. The van der Waals surface area contributed by atoms with Crippen molar-refractivity contribution in [3.05, 3.63) is 48.3 Å². The van der Waals surface area contributed by atoms with Crippen molar-refractivity contribution < 1.29 is 9.59 Å². The number of carbonyl (C=O) groups excluding carboxylic acids is 2. The number of aromatic nitrogens is 2. The van der Waals surface area contributed by atoms with Gasteiger partial charge in [-0.25, -0.2) is 0 Å². The molecule has 1 aliphatic heterocycles. The van der Waals surface area contributed by atoms with Crippen LogP contribution in [-0.2, 0) is 11.3 Å². The monoisotopic (exact) mass is 326 g/mol. The first-order valence-electron chi connectivity index (χ1n) is 8.32. The molecule has 6 heteroatoms. The molecule has 1 atom stereocenters. The number of rotatable bonds is 4. The molecule has 0 bridgehead atoms. The summed E-state index contributed by atoms with van der Waals surface area (Å²) in [4.78, 5) is 27.0. The second-order valence-corrected chi connectivity index (χ2v) is 6.14. The van der Waals surface area contributed by atoms with Crippen LogP contribution in [0.1, 0.15) is 36.5 Å². The van der Waals surface area contributed by atoms with E-state index < -0.39 is 0 Å². The van der Waals surface area contributed by atoms with Gasteiger partial charge in [-0.3, -0.25) is 14.3 Å². The molecular formula is C18H22N4O2. The zero-order valence-corrected chi connectivity index (χ0v) is 13.8. The highest BCUT2D eigenvalue weighted by Gasteiger charge is 2.26. The van der Waals surface area contributed by atoms with E-state index in [1.54, 1.807) is 35.3 Å². The predicted molar refractivity (Wildman–Crippen MR) is 91.6 cm³/mol. The van der Waals surface area contributed by atoms with Crippen LogP contribution in [0.25, 0.3) is 0 Å². The number of amides is 2. The molecule has 1 aromatic carbocycles. The molecule has 1 aliphatic rings. The fourth-order valence-electron chi connectivity index (χ4n) is 3.06. The van der Waals surface area contributed by atoms with E-state index in [1.165, 1.54) is 0 Å². The third-order valence-corrected chi connectivity index (χ3v) is 4.36. The molecule has 126 valence electrons. The molecular weight excluding hydrogens is 304 g/mol. The lowest BCUT2D eigenvalue weighted by atomic mass is 10.0. The van der Waals surface area contributed by atoms with Crippen LogP contribution >= 0.6 is 0 Å². The van der Waals surface area contributed by atoms with Crippen molar-refractivity contribution in [2.24, 2.45) is 0 Å².